The van der Waals surface area contributed by atoms with Gasteiger partial charge in [-0.2, -0.15) is 13.2 Å². The molecule has 4 atom stereocenters. The average molecular weight is 617 g/mol. The van der Waals surface area contributed by atoms with Crippen LogP contribution in [-0.4, -0.2) is 56.0 Å². The summed E-state index contributed by atoms with van der Waals surface area (Å²) in [5.74, 6) is -1.40. The van der Waals surface area contributed by atoms with Crippen LogP contribution in [0.5, 0.6) is 5.75 Å². The number of benzene rings is 1. The number of nitrogens with one attached hydrogen (secondary N) is 2. The van der Waals surface area contributed by atoms with Gasteiger partial charge in [-0.15, -0.1) is 0 Å². The first-order chi connectivity index (χ1) is 19.9. The molecule has 1 aromatic rings. The zero-order valence-corrected chi connectivity index (χ0v) is 26.4. The number of alkyl carbamates (subject to hydrolysis) is 1. The fraction of sp³-hybridized carbons (Fsp3) is 0.710. The third kappa shape index (κ3) is 11.9. The molecule has 1 fully saturated rings. The lowest BCUT2D eigenvalue weighted by Crippen LogP contribution is -2.47. The second-order valence-electron chi connectivity index (χ2n) is 12.7. The van der Waals surface area contributed by atoms with E-state index in [1.54, 1.807) is 20.8 Å². The van der Waals surface area contributed by atoms with Crippen LogP contribution < -0.4 is 15.4 Å². The molecule has 1 heterocycles. The van der Waals surface area contributed by atoms with E-state index in [1.165, 1.54) is 13.2 Å². The van der Waals surface area contributed by atoms with Crippen LogP contribution in [0.25, 0.3) is 0 Å². The Balaban J connectivity index is 2.26. The van der Waals surface area contributed by atoms with E-state index in [9.17, 15) is 27.6 Å². The van der Waals surface area contributed by atoms with Crippen molar-refractivity contribution in [1.82, 2.24) is 5.32 Å². The standard InChI is InChI=1S/C31H47F3N2O7/c1-18(2)20(14-23(36-29(39)43-30(5,6)7)26-17-22(19(3)4)28(38)42-26)15-27(37)35-24-16-21(31(32,33)34)10-11-25(24)41-13-9-12-40-8/h10-11,16,18-20,22-23,26H,9,12-15,17H2,1-8H3,(H,35,37)(H,36,39)/t20-,22+,23+,26+/m1/s1. The third-order valence-electron chi connectivity index (χ3n) is 7.29. The van der Waals surface area contributed by atoms with Crippen LogP contribution in [0.2, 0.25) is 0 Å². The molecule has 1 aliphatic rings. The molecule has 43 heavy (non-hydrogen) atoms. The zero-order valence-electron chi connectivity index (χ0n) is 26.4. The highest BCUT2D eigenvalue weighted by Gasteiger charge is 2.42. The van der Waals surface area contributed by atoms with Crippen LogP contribution in [-0.2, 0) is 30.0 Å². The van der Waals surface area contributed by atoms with Crippen molar-refractivity contribution in [3.63, 3.8) is 0 Å². The number of carbonyl (C=O) groups excluding carboxylic acids is 3. The van der Waals surface area contributed by atoms with E-state index in [1.807, 2.05) is 27.7 Å². The number of ether oxygens (including phenoxy) is 4. The Kier molecular flexibility index (Phi) is 13.1. The molecule has 1 aromatic carbocycles. The number of esters is 1. The normalized spacial score (nSPS) is 18.8. The van der Waals surface area contributed by atoms with E-state index in [0.29, 0.717) is 19.4 Å². The van der Waals surface area contributed by atoms with Crippen LogP contribution >= 0.6 is 0 Å². The summed E-state index contributed by atoms with van der Waals surface area (Å²) in [6.07, 6.45) is -4.77. The Morgan fingerprint density at radius 3 is 2.30 bits per heavy atom. The highest BCUT2D eigenvalue weighted by molar-refractivity contribution is 5.92. The second-order valence-corrected chi connectivity index (χ2v) is 12.7. The first kappa shape index (κ1) is 36.2. The van der Waals surface area contributed by atoms with Gasteiger partial charge in [0.25, 0.3) is 0 Å². The number of methoxy groups -OCH3 is 1. The van der Waals surface area contributed by atoms with E-state index in [2.05, 4.69) is 10.6 Å². The second kappa shape index (κ2) is 15.6. The van der Waals surface area contributed by atoms with Crippen molar-refractivity contribution in [3.8, 4) is 5.75 Å². The molecule has 0 aromatic heterocycles. The Labute approximate surface area is 252 Å². The summed E-state index contributed by atoms with van der Waals surface area (Å²) in [5, 5.41) is 5.45. The molecule has 0 spiro atoms. The van der Waals surface area contributed by atoms with Gasteiger partial charge in [-0.25, -0.2) is 4.79 Å². The van der Waals surface area contributed by atoms with E-state index in [0.717, 1.165) is 12.1 Å². The fourth-order valence-corrected chi connectivity index (χ4v) is 4.86. The van der Waals surface area contributed by atoms with Crippen molar-refractivity contribution in [2.24, 2.45) is 23.7 Å². The summed E-state index contributed by atoms with van der Waals surface area (Å²) in [4.78, 5) is 38.6. The predicted molar refractivity (Wildman–Crippen MR) is 156 cm³/mol. The topological polar surface area (TPSA) is 112 Å². The largest absolute Gasteiger partial charge is 0.491 e. The van der Waals surface area contributed by atoms with Gasteiger partial charge in [-0.1, -0.05) is 27.7 Å². The van der Waals surface area contributed by atoms with E-state index < -0.39 is 41.5 Å². The van der Waals surface area contributed by atoms with E-state index >= 15 is 0 Å². The van der Waals surface area contributed by atoms with Crippen molar-refractivity contribution in [2.45, 2.75) is 98.1 Å². The smallest absolute Gasteiger partial charge is 0.416 e. The lowest BCUT2D eigenvalue weighted by atomic mass is 9.83. The molecule has 2 rings (SSSR count). The average Bonchev–Trinajstić information content (AvgIpc) is 3.26. The predicted octanol–water partition coefficient (Wildman–Crippen LogP) is 6.59. The SMILES string of the molecule is COCCCOc1ccc(C(F)(F)F)cc1NC(=O)C[C@@H](C[C@H](NC(=O)OC(C)(C)C)[C@@H]1C[C@@H](C(C)C)C(=O)O1)C(C)C. The molecule has 0 saturated carbocycles. The molecular formula is C31H47F3N2O7. The number of rotatable bonds is 14. The van der Waals surface area contributed by atoms with E-state index in [4.69, 9.17) is 18.9 Å². The number of alkyl halides is 3. The van der Waals surface area contributed by atoms with Gasteiger partial charge in [0.05, 0.1) is 29.8 Å². The molecule has 12 heteroatoms. The number of hydrogen-bond donors (Lipinski definition) is 2. The highest BCUT2D eigenvalue weighted by atomic mass is 19.4. The Hall–Kier alpha value is -3.02. The summed E-state index contributed by atoms with van der Waals surface area (Å²) in [7, 11) is 1.53. The number of amides is 2. The van der Waals surface area contributed by atoms with E-state index in [-0.39, 0.29) is 60.5 Å². The first-order valence-corrected chi connectivity index (χ1v) is 14.7. The van der Waals surface area contributed by atoms with Crippen LogP contribution in [0.4, 0.5) is 23.7 Å². The molecule has 9 nitrogen and oxygen atoms in total. The molecule has 0 radical (unpaired) electrons. The van der Waals surface area contributed by atoms with Crippen LogP contribution in [0, 0.1) is 23.7 Å². The Morgan fingerprint density at radius 2 is 1.77 bits per heavy atom. The molecule has 0 unspecified atom stereocenters. The van der Waals surface area contributed by atoms with Gasteiger partial charge in [0.1, 0.15) is 17.5 Å². The van der Waals surface area contributed by atoms with Gasteiger partial charge in [0, 0.05) is 26.6 Å². The third-order valence-corrected chi connectivity index (χ3v) is 7.29. The first-order valence-electron chi connectivity index (χ1n) is 14.7. The Morgan fingerprint density at radius 1 is 1.09 bits per heavy atom. The van der Waals surface area contributed by atoms with Gasteiger partial charge < -0.3 is 29.6 Å². The fourth-order valence-electron chi connectivity index (χ4n) is 4.86. The highest BCUT2D eigenvalue weighted by Crippen LogP contribution is 2.36. The lowest BCUT2D eigenvalue weighted by Gasteiger charge is -2.31. The maximum Gasteiger partial charge on any atom is 0.416 e. The molecule has 0 aliphatic carbocycles. The summed E-state index contributed by atoms with van der Waals surface area (Å²) in [6.45, 7) is 13.5. The maximum absolute atomic E-state index is 13.5. The van der Waals surface area contributed by atoms with Gasteiger partial charge in [-0.05, 0) is 69.6 Å². The van der Waals surface area contributed by atoms with Gasteiger partial charge in [-0.3, -0.25) is 9.59 Å². The molecule has 1 aliphatic heterocycles. The van der Waals surface area contributed by atoms with Crippen molar-refractivity contribution in [2.75, 3.05) is 25.6 Å². The zero-order chi connectivity index (χ0) is 32.5. The molecule has 2 N–H and O–H groups in total. The Bertz CT molecular complexity index is 1090. The minimum absolute atomic E-state index is 0.0460. The van der Waals surface area contributed by atoms with Gasteiger partial charge >= 0.3 is 18.2 Å². The molecule has 1 saturated heterocycles. The van der Waals surface area contributed by atoms with Crippen molar-refractivity contribution in [1.29, 1.82) is 0 Å². The number of carbonyl (C=O) groups is 3. The van der Waals surface area contributed by atoms with Crippen LogP contribution in [0.3, 0.4) is 0 Å². The van der Waals surface area contributed by atoms with Gasteiger partial charge in [0.15, 0.2) is 0 Å². The number of cyclic esters (lactones) is 1. The minimum Gasteiger partial charge on any atom is -0.491 e. The number of hydrogen-bond acceptors (Lipinski definition) is 7. The summed E-state index contributed by atoms with van der Waals surface area (Å²) in [6, 6.07) is 2.30. The van der Waals surface area contributed by atoms with Crippen molar-refractivity contribution in [3.05, 3.63) is 23.8 Å². The van der Waals surface area contributed by atoms with Gasteiger partial charge in [0.2, 0.25) is 5.91 Å². The number of anilines is 1. The molecular weight excluding hydrogens is 569 g/mol. The van der Waals surface area contributed by atoms with Crippen molar-refractivity contribution >= 4 is 23.7 Å². The molecule has 2 amide bonds. The van der Waals surface area contributed by atoms with Crippen LogP contribution in [0.1, 0.15) is 79.7 Å². The lowest BCUT2D eigenvalue weighted by molar-refractivity contribution is -0.146. The van der Waals surface area contributed by atoms with Crippen molar-refractivity contribution < 1.29 is 46.5 Å². The minimum atomic E-state index is -4.61. The summed E-state index contributed by atoms with van der Waals surface area (Å²) >= 11 is 0. The molecule has 0 bridgehead atoms. The molecule has 244 valence electrons. The summed E-state index contributed by atoms with van der Waals surface area (Å²) < 4.78 is 62.1. The maximum atomic E-state index is 13.5. The quantitative estimate of drug-likeness (QED) is 0.179. The van der Waals surface area contributed by atoms with Crippen LogP contribution in [0.15, 0.2) is 18.2 Å². The summed E-state index contributed by atoms with van der Waals surface area (Å²) in [5.41, 5.74) is -1.77. The number of halogens is 3. The monoisotopic (exact) mass is 616 g/mol.